The van der Waals surface area contributed by atoms with Crippen LogP contribution < -0.4 is 5.32 Å². The van der Waals surface area contributed by atoms with Crippen molar-refractivity contribution in [2.45, 2.75) is 19.4 Å². The fraction of sp³-hybridized carbons (Fsp3) is 0.364. The van der Waals surface area contributed by atoms with Crippen LogP contribution in [0.3, 0.4) is 0 Å². The summed E-state index contributed by atoms with van der Waals surface area (Å²) in [6.07, 6.45) is 2.82. The molecule has 96 valence electrons. The van der Waals surface area contributed by atoms with Gasteiger partial charge in [-0.2, -0.15) is 0 Å². The summed E-state index contributed by atoms with van der Waals surface area (Å²) in [6.45, 7) is 0.731. The van der Waals surface area contributed by atoms with Gasteiger partial charge in [-0.3, -0.25) is 9.78 Å². The summed E-state index contributed by atoms with van der Waals surface area (Å²) in [5.74, 6) is -0.206. The number of aryl methyl sites for hydroxylation is 1. The van der Waals surface area contributed by atoms with Gasteiger partial charge in [0.15, 0.2) is 5.13 Å². The van der Waals surface area contributed by atoms with Crippen molar-refractivity contribution in [3.63, 3.8) is 0 Å². The maximum Gasteiger partial charge on any atom is 0.305 e. The number of hydrogen-bond acceptors (Lipinski definition) is 7. The minimum atomic E-state index is -0.206. The summed E-state index contributed by atoms with van der Waals surface area (Å²) in [7, 11) is 1.39. The Morgan fingerprint density at radius 1 is 1.50 bits per heavy atom. The van der Waals surface area contributed by atoms with Gasteiger partial charge >= 0.3 is 5.97 Å². The first-order valence-corrected chi connectivity index (χ1v) is 7.16. The van der Waals surface area contributed by atoms with Gasteiger partial charge in [-0.15, -0.1) is 22.7 Å². The summed E-state index contributed by atoms with van der Waals surface area (Å²) < 4.78 is 4.59. The Bertz CT molecular complexity index is 496. The van der Waals surface area contributed by atoms with E-state index in [2.05, 4.69) is 20.0 Å². The lowest BCUT2D eigenvalue weighted by Gasteiger charge is -1.98. The molecule has 2 aromatic rings. The lowest BCUT2D eigenvalue weighted by Crippen LogP contribution is -2.02. The Morgan fingerprint density at radius 2 is 2.39 bits per heavy atom. The Labute approximate surface area is 113 Å². The summed E-state index contributed by atoms with van der Waals surface area (Å²) in [4.78, 5) is 20.6. The normalized spacial score (nSPS) is 10.3. The number of esters is 1. The molecule has 18 heavy (non-hydrogen) atoms. The van der Waals surface area contributed by atoms with E-state index in [1.807, 2.05) is 11.6 Å². The smallest absolute Gasteiger partial charge is 0.305 e. The monoisotopic (exact) mass is 283 g/mol. The molecule has 0 aliphatic carbocycles. The first-order valence-electron chi connectivity index (χ1n) is 5.40. The molecule has 7 heteroatoms. The van der Waals surface area contributed by atoms with Crippen molar-refractivity contribution in [3.05, 3.63) is 27.7 Å². The van der Waals surface area contributed by atoms with E-state index in [4.69, 9.17) is 0 Å². The average Bonchev–Trinajstić information content (AvgIpc) is 3.04. The molecule has 0 aromatic carbocycles. The molecular formula is C11H13N3O2S2. The number of carbonyl (C=O) groups excluding carboxylic acids is 1. The molecule has 5 nitrogen and oxygen atoms in total. The maximum absolute atomic E-state index is 11.0. The maximum atomic E-state index is 11.0. The van der Waals surface area contributed by atoms with E-state index < -0.39 is 0 Å². The van der Waals surface area contributed by atoms with Crippen LogP contribution in [-0.2, 0) is 22.5 Å². The molecule has 1 N–H and O–H groups in total. The summed E-state index contributed by atoms with van der Waals surface area (Å²) >= 11 is 3.15. The van der Waals surface area contributed by atoms with Crippen molar-refractivity contribution in [2.24, 2.45) is 0 Å². The summed E-state index contributed by atoms with van der Waals surface area (Å²) in [5, 5.41) is 6.05. The van der Waals surface area contributed by atoms with E-state index in [9.17, 15) is 4.79 Å². The van der Waals surface area contributed by atoms with E-state index in [1.165, 1.54) is 12.0 Å². The Balaban J connectivity index is 1.80. The molecule has 0 aliphatic rings. The van der Waals surface area contributed by atoms with Crippen molar-refractivity contribution in [1.29, 1.82) is 0 Å². The first-order chi connectivity index (χ1) is 8.78. The highest BCUT2D eigenvalue weighted by Crippen LogP contribution is 2.18. The van der Waals surface area contributed by atoms with E-state index in [1.54, 1.807) is 28.2 Å². The van der Waals surface area contributed by atoms with Crippen LogP contribution in [0, 0.1) is 0 Å². The third kappa shape index (κ3) is 3.78. The van der Waals surface area contributed by atoms with Crippen LogP contribution >= 0.6 is 22.7 Å². The van der Waals surface area contributed by atoms with Gasteiger partial charge in [0.2, 0.25) is 0 Å². The van der Waals surface area contributed by atoms with Gasteiger partial charge in [-0.1, -0.05) is 0 Å². The number of aromatic nitrogens is 2. The lowest BCUT2D eigenvalue weighted by atomic mass is 10.2. The van der Waals surface area contributed by atoms with Gasteiger partial charge in [0.1, 0.15) is 0 Å². The van der Waals surface area contributed by atoms with Gasteiger partial charge in [0, 0.05) is 22.9 Å². The molecule has 0 radical (unpaired) electrons. The molecule has 2 aromatic heterocycles. The number of thiazole rings is 2. The third-order valence-corrected chi connectivity index (χ3v) is 3.89. The molecular weight excluding hydrogens is 270 g/mol. The number of ether oxygens (including phenoxy) is 1. The highest BCUT2D eigenvalue weighted by Gasteiger charge is 2.05. The molecule has 0 aliphatic heterocycles. The SMILES string of the molecule is COC(=O)CCc1csc(NCc2cncs2)n1. The highest BCUT2D eigenvalue weighted by atomic mass is 32.1. The minimum Gasteiger partial charge on any atom is -0.469 e. The van der Waals surface area contributed by atoms with Crippen LogP contribution in [0.1, 0.15) is 17.0 Å². The topological polar surface area (TPSA) is 64.1 Å². The molecule has 0 amide bonds. The zero-order valence-corrected chi connectivity index (χ0v) is 11.5. The highest BCUT2D eigenvalue weighted by molar-refractivity contribution is 7.13. The predicted octanol–water partition coefficient (Wildman–Crippen LogP) is 2.32. The van der Waals surface area contributed by atoms with Crippen molar-refractivity contribution < 1.29 is 9.53 Å². The van der Waals surface area contributed by atoms with E-state index in [0.717, 1.165) is 17.4 Å². The van der Waals surface area contributed by atoms with Crippen LogP contribution in [0.25, 0.3) is 0 Å². The zero-order valence-electron chi connectivity index (χ0n) is 9.88. The van der Waals surface area contributed by atoms with Gasteiger partial charge < -0.3 is 10.1 Å². The van der Waals surface area contributed by atoms with Gasteiger partial charge in [-0.05, 0) is 0 Å². The lowest BCUT2D eigenvalue weighted by molar-refractivity contribution is -0.140. The van der Waals surface area contributed by atoms with Crippen molar-refractivity contribution in [2.75, 3.05) is 12.4 Å². The molecule has 0 saturated carbocycles. The Hall–Kier alpha value is -1.47. The molecule has 0 spiro atoms. The number of rotatable bonds is 6. The van der Waals surface area contributed by atoms with Crippen LogP contribution in [0.15, 0.2) is 17.1 Å². The molecule has 0 unspecified atom stereocenters. The number of nitrogens with one attached hydrogen (secondary N) is 1. The van der Waals surface area contributed by atoms with Crippen molar-refractivity contribution in [1.82, 2.24) is 9.97 Å². The second-order valence-corrected chi connectivity index (χ2v) is 5.37. The first kappa shape index (κ1) is 13.0. The van der Waals surface area contributed by atoms with Crippen LogP contribution in [-0.4, -0.2) is 23.0 Å². The number of anilines is 1. The number of nitrogens with zero attached hydrogens (tertiary/aromatic N) is 2. The van der Waals surface area contributed by atoms with Crippen LogP contribution in [0.4, 0.5) is 5.13 Å². The average molecular weight is 283 g/mol. The van der Waals surface area contributed by atoms with Gasteiger partial charge in [-0.25, -0.2) is 4.98 Å². The second-order valence-electron chi connectivity index (χ2n) is 3.54. The molecule has 2 rings (SSSR count). The van der Waals surface area contributed by atoms with Crippen LogP contribution in [0.5, 0.6) is 0 Å². The van der Waals surface area contributed by atoms with E-state index >= 15 is 0 Å². The number of methoxy groups -OCH3 is 1. The van der Waals surface area contributed by atoms with E-state index in [0.29, 0.717) is 12.8 Å². The van der Waals surface area contributed by atoms with E-state index in [-0.39, 0.29) is 5.97 Å². The molecule has 2 heterocycles. The van der Waals surface area contributed by atoms with Gasteiger partial charge in [0.05, 0.1) is 31.3 Å². The summed E-state index contributed by atoms with van der Waals surface area (Å²) in [5.41, 5.74) is 2.72. The van der Waals surface area contributed by atoms with Crippen molar-refractivity contribution in [3.8, 4) is 0 Å². The Kier molecular flexibility index (Phi) is 4.66. The summed E-state index contributed by atoms with van der Waals surface area (Å²) in [6, 6.07) is 0. The zero-order chi connectivity index (χ0) is 12.8. The molecule has 0 fully saturated rings. The fourth-order valence-corrected chi connectivity index (χ4v) is 2.61. The number of hydrogen-bond donors (Lipinski definition) is 1. The van der Waals surface area contributed by atoms with Crippen molar-refractivity contribution >= 4 is 33.8 Å². The quantitative estimate of drug-likeness (QED) is 0.824. The van der Waals surface area contributed by atoms with Crippen LogP contribution in [0.2, 0.25) is 0 Å². The molecule has 0 atom stereocenters. The third-order valence-electron chi connectivity index (χ3n) is 2.26. The largest absolute Gasteiger partial charge is 0.469 e. The van der Waals surface area contributed by atoms with Gasteiger partial charge in [0.25, 0.3) is 0 Å². The molecule has 0 bridgehead atoms. The number of carbonyl (C=O) groups is 1. The fourth-order valence-electron chi connectivity index (χ4n) is 1.33. The minimum absolute atomic E-state index is 0.206. The Morgan fingerprint density at radius 3 is 3.11 bits per heavy atom. The standard InChI is InChI=1S/C11H13N3O2S2/c1-16-10(15)3-2-8-6-17-11(14-8)13-5-9-4-12-7-18-9/h4,6-7H,2-3,5H2,1H3,(H,13,14). The second kappa shape index (κ2) is 6.46. The molecule has 0 saturated heterocycles. The predicted molar refractivity (Wildman–Crippen MR) is 71.9 cm³/mol.